The van der Waals surface area contributed by atoms with Crippen LogP contribution in [0.25, 0.3) is 5.43 Å². The monoisotopic (exact) mass is 469 g/mol. The van der Waals surface area contributed by atoms with Crippen LogP contribution in [0.1, 0.15) is 12.0 Å². The lowest BCUT2D eigenvalue weighted by Gasteiger charge is -2.58. The molecule has 1 N–H and O–H groups in total. The molecule has 0 radical (unpaired) electrons. The molecule has 4 rings (SSSR count). The van der Waals surface area contributed by atoms with Gasteiger partial charge in [0.15, 0.2) is 5.60 Å². The normalized spacial score (nSPS) is 17.2. The molecule has 1 fully saturated rings. The molecule has 1 aliphatic rings. The zero-order valence-electron chi connectivity index (χ0n) is 17.2. The van der Waals surface area contributed by atoms with Gasteiger partial charge in [-0.3, -0.25) is 0 Å². The number of hydrogen-bond acceptors (Lipinski definition) is 4. The molecule has 3 aromatic rings. The third-order valence-corrected chi connectivity index (χ3v) is 5.43. The third-order valence-electron chi connectivity index (χ3n) is 5.43. The molecule has 1 aliphatic heterocycles. The number of aromatic nitrogens is 3. The maximum atomic E-state index is 14.7. The number of benzene rings is 2. The maximum absolute atomic E-state index is 14.7. The van der Waals surface area contributed by atoms with Crippen LogP contribution in [0.4, 0.5) is 27.6 Å². The van der Waals surface area contributed by atoms with Crippen molar-refractivity contribution < 1.29 is 36.4 Å². The zero-order chi connectivity index (χ0) is 23.7. The molecular weight excluding hydrogens is 449 g/mol. The van der Waals surface area contributed by atoms with Crippen LogP contribution in [0.15, 0.2) is 55.1 Å². The van der Waals surface area contributed by atoms with Gasteiger partial charge in [-0.15, -0.1) is 13.2 Å². The number of likely N-dealkylation sites (tertiary alicyclic amines) is 1. The van der Waals surface area contributed by atoms with Crippen molar-refractivity contribution in [2.24, 2.45) is 0 Å². The van der Waals surface area contributed by atoms with E-state index in [0.717, 1.165) is 24.6 Å². The van der Waals surface area contributed by atoms with Crippen LogP contribution in [0, 0.1) is 11.6 Å². The first-order valence-corrected chi connectivity index (χ1v) is 10.0. The molecule has 0 spiro atoms. The lowest BCUT2D eigenvalue weighted by molar-refractivity contribution is -0.934. The molecule has 176 valence electrons. The molecule has 0 saturated carbocycles. The van der Waals surface area contributed by atoms with Crippen LogP contribution in [-0.2, 0) is 12.1 Å². The van der Waals surface area contributed by atoms with Gasteiger partial charge in [-0.05, 0) is 24.3 Å². The second-order valence-corrected chi connectivity index (χ2v) is 7.94. The van der Waals surface area contributed by atoms with Crippen LogP contribution in [0.3, 0.4) is 0 Å². The third kappa shape index (κ3) is 5.40. The van der Waals surface area contributed by atoms with Gasteiger partial charge in [0.25, 0.3) is 0 Å². The highest BCUT2D eigenvalue weighted by atomic mass is 19.4. The number of hydrogen-bond donors (Lipinski definition) is 1. The second-order valence-electron chi connectivity index (χ2n) is 7.94. The Morgan fingerprint density at radius 1 is 1.09 bits per heavy atom. The van der Waals surface area contributed by atoms with E-state index in [4.69, 9.17) is 0 Å². The van der Waals surface area contributed by atoms with Gasteiger partial charge in [0, 0.05) is 18.1 Å². The topological polar surface area (TPSA) is 74.3 Å². The molecule has 2 heterocycles. The van der Waals surface area contributed by atoms with Crippen LogP contribution >= 0.6 is 0 Å². The molecule has 1 saturated heterocycles. The summed E-state index contributed by atoms with van der Waals surface area (Å²) in [5.41, 5.74) is 3.04. The van der Waals surface area contributed by atoms with Crippen molar-refractivity contribution in [1.82, 2.24) is 14.8 Å². The average Bonchev–Trinajstić information content (AvgIpc) is 3.19. The van der Waals surface area contributed by atoms with Gasteiger partial charge in [-0.1, -0.05) is 17.8 Å². The number of alkyl halides is 3. The minimum absolute atomic E-state index is 0.00148. The Labute approximate surface area is 185 Å². The molecule has 0 amide bonds. The molecule has 1 unspecified atom stereocenters. The Morgan fingerprint density at radius 2 is 1.82 bits per heavy atom. The van der Waals surface area contributed by atoms with Gasteiger partial charge < -0.3 is 19.9 Å². The Kier molecular flexibility index (Phi) is 5.97. The predicted molar refractivity (Wildman–Crippen MR) is 106 cm³/mol. The SMILES string of the molecule is OC(Cn1cncn1)(C[N+]1([N-]c2ccc(OC(F)(F)F)cc2)CCC1)c1ccc(F)cc1F. The zero-order valence-corrected chi connectivity index (χ0v) is 17.2. The summed E-state index contributed by atoms with van der Waals surface area (Å²) in [5.74, 6) is -2.07. The number of ether oxygens (including phenoxy) is 1. The summed E-state index contributed by atoms with van der Waals surface area (Å²) in [7, 11) is 0. The molecule has 2 aromatic carbocycles. The number of nitrogens with zero attached hydrogens (tertiary/aromatic N) is 5. The minimum Gasteiger partial charge on any atom is -0.487 e. The Balaban J connectivity index is 1.60. The van der Waals surface area contributed by atoms with E-state index in [1.165, 1.54) is 35.5 Å². The lowest BCUT2D eigenvalue weighted by Crippen LogP contribution is -2.60. The molecule has 0 aliphatic carbocycles. The van der Waals surface area contributed by atoms with E-state index >= 15 is 0 Å². The van der Waals surface area contributed by atoms with Gasteiger partial charge >= 0.3 is 6.36 Å². The molecule has 33 heavy (non-hydrogen) atoms. The van der Waals surface area contributed by atoms with E-state index in [2.05, 4.69) is 20.2 Å². The predicted octanol–water partition coefficient (Wildman–Crippen LogP) is 4.18. The van der Waals surface area contributed by atoms with Crippen molar-refractivity contribution in [3.8, 4) is 5.75 Å². The van der Waals surface area contributed by atoms with Gasteiger partial charge in [-0.2, -0.15) is 5.10 Å². The van der Waals surface area contributed by atoms with E-state index in [9.17, 15) is 27.1 Å². The average molecular weight is 469 g/mol. The van der Waals surface area contributed by atoms with Gasteiger partial charge in [0.05, 0.1) is 19.6 Å². The van der Waals surface area contributed by atoms with Gasteiger partial charge in [0.2, 0.25) is 0 Å². The van der Waals surface area contributed by atoms with Crippen molar-refractivity contribution in [1.29, 1.82) is 0 Å². The van der Waals surface area contributed by atoms with Crippen LogP contribution < -0.4 is 4.74 Å². The van der Waals surface area contributed by atoms with E-state index < -0.39 is 23.6 Å². The first-order valence-electron chi connectivity index (χ1n) is 10.0. The van der Waals surface area contributed by atoms with Crippen LogP contribution in [0.5, 0.6) is 5.75 Å². The first kappa shape index (κ1) is 22.9. The Bertz CT molecular complexity index is 1090. The first-order chi connectivity index (χ1) is 15.6. The van der Waals surface area contributed by atoms with Crippen molar-refractivity contribution in [3.63, 3.8) is 0 Å². The number of aliphatic hydroxyl groups is 1. The van der Waals surface area contributed by atoms with E-state index in [1.807, 2.05) is 0 Å². The standard InChI is InChI=1S/C21H20F5N5O2/c22-15-2-7-18(19(23)10-15)20(32,11-30-14-27-13-28-30)12-31(8-1-9-31)29-16-3-5-17(6-4-16)33-21(24,25)26/h2-7,10,13-14,32H,1,8-9,11-12H2. The largest absolute Gasteiger partial charge is 0.573 e. The number of rotatable bonds is 8. The summed E-state index contributed by atoms with van der Waals surface area (Å²) in [5, 5.41) is 15.6. The highest BCUT2D eigenvalue weighted by molar-refractivity contribution is 5.48. The highest BCUT2D eigenvalue weighted by Gasteiger charge is 2.43. The smallest absolute Gasteiger partial charge is 0.487 e. The molecular formula is C21H20F5N5O2. The molecule has 1 atom stereocenters. The van der Waals surface area contributed by atoms with Crippen molar-refractivity contribution in [2.45, 2.75) is 24.9 Å². The van der Waals surface area contributed by atoms with Crippen molar-refractivity contribution in [2.75, 3.05) is 19.6 Å². The number of quaternary nitrogens is 1. The van der Waals surface area contributed by atoms with E-state index in [-0.39, 0.29) is 29.0 Å². The number of halogens is 5. The Hall–Kier alpha value is -3.25. The summed E-state index contributed by atoms with van der Waals surface area (Å²) in [6.07, 6.45) is -1.39. The van der Waals surface area contributed by atoms with E-state index in [1.54, 1.807) is 0 Å². The molecule has 7 nitrogen and oxygen atoms in total. The summed E-state index contributed by atoms with van der Waals surface area (Å²) in [6.45, 7) is 0.798. The summed E-state index contributed by atoms with van der Waals surface area (Å²) in [4.78, 5) is 3.83. The van der Waals surface area contributed by atoms with Crippen molar-refractivity contribution in [3.05, 3.63) is 77.7 Å². The Morgan fingerprint density at radius 3 is 2.36 bits per heavy atom. The highest BCUT2D eigenvalue weighted by Crippen LogP contribution is 2.40. The van der Waals surface area contributed by atoms with Crippen molar-refractivity contribution >= 4 is 5.69 Å². The fourth-order valence-corrected chi connectivity index (χ4v) is 3.93. The molecule has 12 heteroatoms. The van der Waals surface area contributed by atoms with Gasteiger partial charge in [0.1, 0.15) is 36.6 Å². The maximum Gasteiger partial charge on any atom is 0.573 e. The van der Waals surface area contributed by atoms with Gasteiger partial charge in [-0.25, -0.2) is 18.4 Å². The summed E-state index contributed by atoms with van der Waals surface area (Å²) < 4.78 is 70.6. The molecule has 0 bridgehead atoms. The second kappa shape index (κ2) is 8.60. The van der Waals surface area contributed by atoms with Crippen LogP contribution in [0.2, 0.25) is 0 Å². The van der Waals surface area contributed by atoms with E-state index in [0.29, 0.717) is 24.8 Å². The fraction of sp³-hybridized carbons (Fsp3) is 0.333. The minimum atomic E-state index is -4.80. The molecule has 1 aromatic heterocycles. The summed E-state index contributed by atoms with van der Waals surface area (Å²) >= 11 is 0. The fourth-order valence-electron chi connectivity index (χ4n) is 3.93. The summed E-state index contributed by atoms with van der Waals surface area (Å²) in [6, 6.07) is 7.96. The van der Waals surface area contributed by atoms with Crippen LogP contribution in [-0.4, -0.2) is 50.5 Å². The quantitative estimate of drug-likeness (QED) is 0.397. The lowest BCUT2D eigenvalue weighted by atomic mass is 9.90.